The third kappa shape index (κ3) is 6.50. The highest BCUT2D eigenvalue weighted by Gasteiger charge is 2.25. The molecule has 138 valence electrons. The maximum atomic E-state index is 12.7. The molecule has 0 saturated heterocycles. The van der Waals surface area contributed by atoms with Gasteiger partial charge in [0.1, 0.15) is 6.10 Å². The van der Waals surface area contributed by atoms with Crippen molar-refractivity contribution in [3.05, 3.63) is 35.9 Å². The summed E-state index contributed by atoms with van der Waals surface area (Å²) < 4.78 is 6.04. The summed E-state index contributed by atoms with van der Waals surface area (Å²) in [7, 11) is 0. The van der Waals surface area contributed by atoms with Gasteiger partial charge in [-0.15, -0.1) is 0 Å². The van der Waals surface area contributed by atoms with E-state index in [1.807, 2.05) is 37.3 Å². The fourth-order valence-electron chi connectivity index (χ4n) is 3.32. The van der Waals surface area contributed by atoms with E-state index in [4.69, 9.17) is 9.84 Å². The van der Waals surface area contributed by atoms with Crippen molar-refractivity contribution in [1.82, 2.24) is 5.32 Å². The maximum Gasteiger partial charge on any atom is 0.303 e. The number of amides is 1. The summed E-state index contributed by atoms with van der Waals surface area (Å²) >= 11 is 0. The Bertz CT molecular complexity index is 540. The molecular formula is C20H29NO4. The molecule has 2 N–H and O–H groups in total. The van der Waals surface area contributed by atoms with Gasteiger partial charge in [-0.2, -0.15) is 0 Å². The Balaban J connectivity index is 1.99. The molecule has 1 amide bonds. The zero-order chi connectivity index (χ0) is 18.1. The molecule has 1 aliphatic rings. The molecule has 0 radical (unpaired) electrons. The highest BCUT2D eigenvalue weighted by molar-refractivity contribution is 5.81. The summed E-state index contributed by atoms with van der Waals surface area (Å²) in [6, 6.07) is 9.20. The number of rotatable bonds is 9. The first-order valence-corrected chi connectivity index (χ1v) is 9.32. The highest BCUT2D eigenvalue weighted by Crippen LogP contribution is 2.23. The second-order valence-electron chi connectivity index (χ2n) is 6.70. The number of carboxylic acid groups (broad SMARTS) is 1. The number of carboxylic acids is 1. The van der Waals surface area contributed by atoms with Gasteiger partial charge in [-0.05, 0) is 31.2 Å². The van der Waals surface area contributed by atoms with Gasteiger partial charge in [0.2, 0.25) is 5.91 Å². The van der Waals surface area contributed by atoms with Gasteiger partial charge in [0.25, 0.3) is 0 Å². The van der Waals surface area contributed by atoms with Crippen LogP contribution >= 0.6 is 0 Å². The van der Waals surface area contributed by atoms with E-state index in [0.29, 0.717) is 12.8 Å². The van der Waals surface area contributed by atoms with Crippen molar-refractivity contribution >= 4 is 11.9 Å². The average molecular weight is 347 g/mol. The van der Waals surface area contributed by atoms with Crippen LogP contribution < -0.4 is 5.32 Å². The van der Waals surface area contributed by atoms with Gasteiger partial charge < -0.3 is 15.2 Å². The predicted octanol–water partition coefficient (Wildman–Crippen LogP) is 3.84. The number of carbonyl (C=O) groups is 2. The molecule has 0 bridgehead atoms. The number of hydrogen-bond acceptors (Lipinski definition) is 3. The van der Waals surface area contributed by atoms with Crippen LogP contribution in [0.3, 0.4) is 0 Å². The van der Waals surface area contributed by atoms with E-state index >= 15 is 0 Å². The molecule has 25 heavy (non-hydrogen) atoms. The van der Waals surface area contributed by atoms with Crippen LogP contribution in [0.4, 0.5) is 0 Å². The lowest BCUT2D eigenvalue weighted by molar-refractivity contribution is -0.140. The topological polar surface area (TPSA) is 75.6 Å². The van der Waals surface area contributed by atoms with Gasteiger partial charge in [-0.3, -0.25) is 9.59 Å². The molecule has 1 fully saturated rings. The first-order valence-electron chi connectivity index (χ1n) is 9.32. The predicted molar refractivity (Wildman–Crippen MR) is 96.2 cm³/mol. The number of ether oxygens (including phenoxy) is 1. The molecule has 0 spiro atoms. The molecule has 1 aliphatic carbocycles. The fraction of sp³-hybridized carbons (Fsp3) is 0.600. The van der Waals surface area contributed by atoms with Gasteiger partial charge in [-0.25, -0.2) is 0 Å². The van der Waals surface area contributed by atoms with Crippen LogP contribution in [-0.4, -0.2) is 29.2 Å². The lowest BCUT2D eigenvalue weighted by Gasteiger charge is -2.28. The summed E-state index contributed by atoms with van der Waals surface area (Å²) in [6.45, 7) is 1.95. The van der Waals surface area contributed by atoms with E-state index in [0.717, 1.165) is 31.2 Å². The normalized spacial score (nSPS) is 17.6. The van der Waals surface area contributed by atoms with Crippen LogP contribution in [0.2, 0.25) is 0 Å². The van der Waals surface area contributed by atoms with Crippen molar-refractivity contribution in [2.24, 2.45) is 0 Å². The molecular weight excluding hydrogens is 318 g/mol. The molecule has 0 aromatic heterocycles. The van der Waals surface area contributed by atoms with E-state index in [1.165, 1.54) is 6.42 Å². The summed E-state index contributed by atoms with van der Waals surface area (Å²) in [5.41, 5.74) is 0.921. The summed E-state index contributed by atoms with van der Waals surface area (Å²) in [5, 5.41) is 12.0. The number of aliphatic carboxylic acids is 1. The molecule has 5 heteroatoms. The van der Waals surface area contributed by atoms with Gasteiger partial charge in [0.15, 0.2) is 0 Å². The minimum absolute atomic E-state index is 0.0140. The molecule has 1 saturated carbocycles. The average Bonchev–Trinajstić information content (AvgIpc) is 2.64. The molecule has 2 rings (SSSR count). The summed E-state index contributed by atoms with van der Waals surface area (Å²) in [5.74, 6) is -1.01. The van der Waals surface area contributed by atoms with Gasteiger partial charge in [0.05, 0.1) is 12.1 Å². The summed E-state index contributed by atoms with van der Waals surface area (Å²) in [6.07, 6.45) is 6.29. The van der Waals surface area contributed by atoms with Crippen molar-refractivity contribution in [2.75, 3.05) is 0 Å². The number of nitrogens with one attached hydrogen (secondary N) is 1. The first kappa shape index (κ1) is 19.4. The van der Waals surface area contributed by atoms with E-state index in [9.17, 15) is 9.59 Å². The Morgan fingerprint density at radius 1 is 1.20 bits per heavy atom. The van der Waals surface area contributed by atoms with Crippen LogP contribution in [0.15, 0.2) is 30.3 Å². The van der Waals surface area contributed by atoms with Crippen LogP contribution in [0.25, 0.3) is 0 Å². The highest BCUT2D eigenvalue weighted by atomic mass is 16.5. The first-order chi connectivity index (χ1) is 12.1. The standard InChI is InChI=1S/C20H29NO4/c1-2-18(25-16-11-7-4-8-12-16)20(24)21-17(13-14-19(22)23)15-9-5-3-6-10-15/h3,5-6,9-10,16-18H,2,4,7-8,11-14H2,1H3,(H,21,24)(H,22,23). The third-order valence-corrected chi connectivity index (χ3v) is 4.74. The molecule has 2 unspecified atom stereocenters. The minimum atomic E-state index is -0.860. The Hall–Kier alpha value is -1.88. The second-order valence-corrected chi connectivity index (χ2v) is 6.70. The zero-order valence-corrected chi connectivity index (χ0v) is 14.9. The van der Waals surface area contributed by atoms with Crippen LogP contribution in [0.5, 0.6) is 0 Å². The Labute approximate surface area is 149 Å². The van der Waals surface area contributed by atoms with Crippen LogP contribution in [-0.2, 0) is 14.3 Å². The largest absolute Gasteiger partial charge is 0.481 e. The molecule has 5 nitrogen and oxygen atoms in total. The van der Waals surface area contributed by atoms with Crippen molar-refractivity contribution in [2.45, 2.75) is 76.5 Å². The fourth-order valence-corrected chi connectivity index (χ4v) is 3.32. The quantitative estimate of drug-likeness (QED) is 0.712. The molecule has 0 aliphatic heterocycles. The lowest BCUT2D eigenvalue weighted by atomic mass is 9.97. The molecule has 1 aromatic rings. The minimum Gasteiger partial charge on any atom is -0.481 e. The molecule has 0 heterocycles. The Morgan fingerprint density at radius 3 is 2.48 bits per heavy atom. The number of hydrogen-bond donors (Lipinski definition) is 2. The van der Waals surface area contributed by atoms with E-state index < -0.39 is 12.1 Å². The number of carbonyl (C=O) groups excluding carboxylic acids is 1. The number of benzene rings is 1. The summed E-state index contributed by atoms with van der Waals surface area (Å²) in [4.78, 5) is 23.6. The van der Waals surface area contributed by atoms with Gasteiger partial charge in [-0.1, -0.05) is 56.5 Å². The van der Waals surface area contributed by atoms with Crippen molar-refractivity contribution in [1.29, 1.82) is 0 Å². The van der Waals surface area contributed by atoms with Crippen molar-refractivity contribution in [3.8, 4) is 0 Å². The van der Waals surface area contributed by atoms with Crippen LogP contribution in [0.1, 0.15) is 69.9 Å². The van der Waals surface area contributed by atoms with Gasteiger partial charge >= 0.3 is 5.97 Å². The van der Waals surface area contributed by atoms with Gasteiger partial charge in [0, 0.05) is 6.42 Å². The van der Waals surface area contributed by atoms with E-state index in [1.54, 1.807) is 0 Å². The SMILES string of the molecule is CCC(OC1CCCCC1)C(=O)NC(CCC(=O)O)c1ccccc1. The van der Waals surface area contributed by atoms with E-state index in [-0.39, 0.29) is 24.5 Å². The zero-order valence-electron chi connectivity index (χ0n) is 14.9. The smallest absolute Gasteiger partial charge is 0.303 e. The van der Waals surface area contributed by atoms with Crippen molar-refractivity contribution < 1.29 is 19.4 Å². The maximum absolute atomic E-state index is 12.7. The lowest BCUT2D eigenvalue weighted by Crippen LogP contribution is -2.40. The van der Waals surface area contributed by atoms with Crippen molar-refractivity contribution in [3.63, 3.8) is 0 Å². The Kier molecular flexibility index (Phi) is 7.92. The molecule has 2 atom stereocenters. The molecule has 1 aromatic carbocycles. The van der Waals surface area contributed by atoms with E-state index in [2.05, 4.69) is 5.32 Å². The Morgan fingerprint density at radius 2 is 1.88 bits per heavy atom. The monoisotopic (exact) mass is 347 g/mol. The van der Waals surface area contributed by atoms with Crippen LogP contribution in [0, 0.1) is 0 Å². The second kappa shape index (κ2) is 10.2. The third-order valence-electron chi connectivity index (χ3n) is 4.74.